The first-order chi connectivity index (χ1) is 15.6. The third kappa shape index (κ3) is 2.68. The quantitative estimate of drug-likeness (QED) is 0.497. The van der Waals surface area contributed by atoms with Gasteiger partial charge in [-0.3, -0.25) is 33.3 Å². The van der Waals surface area contributed by atoms with Crippen molar-refractivity contribution in [1.29, 1.82) is 0 Å². The van der Waals surface area contributed by atoms with Crippen LogP contribution in [-0.2, 0) is 23.7 Å². The molecule has 5 rings (SSSR count). The van der Waals surface area contributed by atoms with Crippen molar-refractivity contribution < 1.29 is 19.1 Å². The van der Waals surface area contributed by atoms with E-state index in [-0.39, 0.29) is 17.3 Å². The van der Waals surface area contributed by atoms with Gasteiger partial charge in [-0.15, -0.1) is 0 Å². The number of pyridine rings is 1. The zero-order valence-corrected chi connectivity index (χ0v) is 18.2. The van der Waals surface area contributed by atoms with E-state index in [1.54, 1.807) is 24.3 Å². The van der Waals surface area contributed by atoms with Crippen molar-refractivity contribution >= 4 is 28.7 Å². The Kier molecular flexibility index (Phi) is 4.28. The molecule has 11 heteroatoms. The first-order valence-corrected chi connectivity index (χ1v) is 10.1. The van der Waals surface area contributed by atoms with Gasteiger partial charge in [0.25, 0.3) is 5.56 Å². The van der Waals surface area contributed by atoms with Gasteiger partial charge in [0.1, 0.15) is 5.92 Å². The second-order valence-corrected chi connectivity index (χ2v) is 8.13. The van der Waals surface area contributed by atoms with Crippen LogP contribution in [0.25, 0.3) is 10.9 Å². The van der Waals surface area contributed by atoms with Crippen LogP contribution < -0.4 is 16.0 Å². The fourth-order valence-corrected chi connectivity index (χ4v) is 4.48. The molecule has 3 aromatic rings. The average Bonchev–Trinajstić information content (AvgIpc) is 2.82. The van der Waals surface area contributed by atoms with Crippen LogP contribution in [0, 0.1) is 5.92 Å². The van der Waals surface area contributed by atoms with Crippen LogP contribution in [-0.4, -0.2) is 55.9 Å². The molecule has 4 amide bonds. The summed E-state index contributed by atoms with van der Waals surface area (Å²) in [7, 11) is 5.29. The van der Waals surface area contributed by atoms with Crippen LogP contribution in [0.15, 0.2) is 39.9 Å². The lowest BCUT2D eigenvalue weighted by Crippen LogP contribution is -2.59. The van der Waals surface area contributed by atoms with Crippen molar-refractivity contribution in [1.82, 2.24) is 23.9 Å². The Morgan fingerprint density at radius 2 is 1.48 bits per heavy atom. The molecule has 0 aliphatic carbocycles. The first-order valence-electron chi connectivity index (χ1n) is 10.1. The normalized spacial score (nSPS) is 18.4. The van der Waals surface area contributed by atoms with Crippen LogP contribution in [0.5, 0.6) is 11.8 Å². The average molecular weight is 449 g/mol. The molecule has 0 radical (unpaired) electrons. The molecular weight excluding hydrogens is 430 g/mol. The molecular formula is C22H19N5O6. The number of ether oxygens (including phenoxy) is 1. The topological polar surface area (TPSA) is 124 Å². The molecule has 33 heavy (non-hydrogen) atoms. The van der Waals surface area contributed by atoms with Crippen molar-refractivity contribution in [2.24, 2.45) is 20.0 Å². The number of benzene rings is 1. The van der Waals surface area contributed by atoms with Crippen molar-refractivity contribution in [3.8, 4) is 11.8 Å². The number of hydrogen-bond donors (Lipinski definition) is 0. The van der Waals surface area contributed by atoms with Crippen LogP contribution in [0.3, 0.4) is 0 Å². The number of urea groups is 1. The maximum Gasteiger partial charge on any atom is 0.333 e. The summed E-state index contributed by atoms with van der Waals surface area (Å²) < 4.78 is 7.95. The number of rotatable bonds is 1. The SMILES string of the molecule is CN1C(=O)C(C2c3cc4ccccc4nc3Oc3c2c(=O)n(C)c(=O)n3C)C(=O)N(C)C1=O. The van der Waals surface area contributed by atoms with E-state index < -0.39 is 40.9 Å². The van der Waals surface area contributed by atoms with Gasteiger partial charge in [0.15, 0.2) is 0 Å². The summed E-state index contributed by atoms with van der Waals surface area (Å²) in [6.07, 6.45) is 0. The molecule has 2 aliphatic rings. The number of imide groups is 2. The number of hydrogen-bond acceptors (Lipinski definition) is 7. The van der Waals surface area contributed by atoms with E-state index in [0.717, 1.165) is 18.9 Å². The third-order valence-corrected chi connectivity index (χ3v) is 6.30. The zero-order chi connectivity index (χ0) is 23.8. The zero-order valence-electron chi connectivity index (χ0n) is 18.2. The molecule has 1 saturated heterocycles. The van der Waals surface area contributed by atoms with Gasteiger partial charge in [-0.25, -0.2) is 14.6 Å². The molecule has 2 aromatic heterocycles. The van der Waals surface area contributed by atoms with E-state index in [1.807, 2.05) is 6.07 Å². The van der Waals surface area contributed by atoms with E-state index in [4.69, 9.17) is 4.74 Å². The van der Waals surface area contributed by atoms with E-state index in [9.17, 15) is 24.0 Å². The fraction of sp³-hybridized carbons (Fsp3) is 0.273. The standard InChI is InChI=1S/C22H19N5O6/c1-24-17(28)14(18(29)25(2)21(24)31)13-11-9-10-7-5-6-8-12(10)23-16(11)33-20-15(13)19(30)26(3)22(32)27(20)4/h5-9,13-14H,1-4H3. The largest absolute Gasteiger partial charge is 0.421 e. The molecule has 0 bridgehead atoms. The van der Waals surface area contributed by atoms with Gasteiger partial charge >= 0.3 is 11.7 Å². The van der Waals surface area contributed by atoms with E-state index >= 15 is 0 Å². The Bertz CT molecular complexity index is 1500. The minimum atomic E-state index is -1.42. The van der Waals surface area contributed by atoms with Gasteiger partial charge < -0.3 is 4.74 Å². The smallest absolute Gasteiger partial charge is 0.333 e. The molecule has 0 N–H and O–H groups in total. The van der Waals surface area contributed by atoms with Crippen molar-refractivity contribution in [2.75, 3.05) is 14.1 Å². The highest BCUT2D eigenvalue weighted by Gasteiger charge is 2.51. The summed E-state index contributed by atoms with van der Waals surface area (Å²) in [6, 6.07) is 8.13. The highest BCUT2D eigenvalue weighted by Crippen LogP contribution is 2.47. The van der Waals surface area contributed by atoms with Crippen LogP contribution in [0.2, 0.25) is 0 Å². The van der Waals surface area contributed by atoms with Gasteiger partial charge in [-0.1, -0.05) is 18.2 Å². The Morgan fingerprint density at radius 3 is 2.15 bits per heavy atom. The van der Waals surface area contributed by atoms with E-state index in [0.29, 0.717) is 16.5 Å². The number of carbonyl (C=O) groups is 3. The lowest BCUT2D eigenvalue weighted by molar-refractivity contribution is -0.148. The van der Waals surface area contributed by atoms with Crippen LogP contribution in [0.4, 0.5) is 4.79 Å². The van der Waals surface area contributed by atoms with Crippen LogP contribution in [0.1, 0.15) is 17.0 Å². The Hall–Kier alpha value is -4.28. The second kappa shape index (κ2) is 6.86. The molecule has 1 atom stereocenters. The maximum atomic E-state index is 13.3. The number of fused-ring (bicyclic) bond motifs is 3. The molecule has 4 heterocycles. The Morgan fingerprint density at radius 1 is 0.848 bits per heavy atom. The fourth-order valence-electron chi connectivity index (χ4n) is 4.48. The monoisotopic (exact) mass is 449 g/mol. The van der Waals surface area contributed by atoms with E-state index in [1.165, 1.54) is 28.2 Å². The van der Waals surface area contributed by atoms with Gasteiger partial charge in [0, 0.05) is 45.1 Å². The Labute approximate surface area is 186 Å². The highest BCUT2D eigenvalue weighted by molar-refractivity contribution is 6.16. The minimum absolute atomic E-state index is 0.0213. The maximum absolute atomic E-state index is 13.3. The summed E-state index contributed by atoms with van der Waals surface area (Å²) >= 11 is 0. The van der Waals surface area contributed by atoms with Gasteiger partial charge in [0.2, 0.25) is 23.6 Å². The van der Waals surface area contributed by atoms with E-state index in [2.05, 4.69) is 4.98 Å². The number of nitrogens with zero attached hydrogens (tertiary/aromatic N) is 5. The first kappa shape index (κ1) is 20.6. The predicted octanol–water partition coefficient (Wildman–Crippen LogP) is 0.536. The van der Waals surface area contributed by atoms with Gasteiger partial charge in [-0.2, -0.15) is 0 Å². The number of para-hydroxylation sites is 1. The summed E-state index contributed by atoms with van der Waals surface area (Å²) in [5, 5.41) is 0.712. The molecule has 1 aromatic carbocycles. The molecule has 2 aliphatic heterocycles. The molecule has 0 saturated carbocycles. The summed E-state index contributed by atoms with van der Waals surface area (Å²) in [4.78, 5) is 70.9. The second-order valence-electron chi connectivity index (χ2n) is 8.13. The molecule has 0 spiro atoms. The molecule has 1 unspecified atom stereocenters. The minimum Gasteiger partial charge on any atom is -0.421 e. The molecule has 168 valence electrons. The van der Waals surface area contributed by atoms with Crippen molar-refractivity contribution in [2.45, 2.75) is 5.92 Å². The number of amides is 4. The summed E-state index contributed by atoms with van der Waals surface area (Å²) in [5.74, 6) is -4.06. The van der Waals surface area contributed by atoms with Gasteiger partial charge in [0.05, 0.1) is 11.1 Å². The number of aromatic nitrogens is 3. The van der Waals surface area contributed by atoms with Gasteiger partial charge in [-0.05, 0) is 12.1 Å². The van der Waals surface area contributed by atoms with Crippen molar-refractivity contribution in [3.63, 3.8) is 0 Å². The van der Waals surface area contributed by atoms with Crippen molar-refractivity contribution in [3.05, 3.63) is 62.3 Å². The molecule has 11 nitrogen and oxygen atoms in total. The summed E-state index contributed by atoms with van der Waals surface area (Å²) in [5.41, 5.74) is -0.406. The summed E-state index contributed by atoms with van der Waals surface area (Å²) in [6.45, 7) is 0. The third-order valence-electron chi connectivity index (χ3n) is 6.30. The highest BCUT2D eigenvalue weighted by atomic mass is 16.5. The number of barbiturate groups is 1. The molecule has 1 fully saturated rings. The van der Waals surface area contributed by atoms with Crippen LogP contribution >= 0.6 is 0 Å². The Balaban J connectivity index is 1.87. The number of carbonyl (C=O) groups excluding carboxylic acids is 3. The lowest BCUT2D eigenvalue weighted by Gasteiger charge is -2.38. The lowest BCUT2D eigenvalue weighted by atomic mass is 9.78. The predicted molar refractivity (Wildman–Crippen MR) is 115 cm³/mol.